The molecule has 0 N–H and O–H groups in total. The standard InChI is InChI=1S/C12H6BrClINO2/c13-11-3-2-8(16(17)18)6-9(11)10-5-7(15)1-4-12(10)14/h1-6H. The average molecular weight is 438 g/mol. The number of benzene rings is 2. The molecule has 0 aliphatic heterocycles. The third-order valence-corrected chi connectivity index (χ3v) is 4.07. The molecule has 0 aliphatic carbocycles. The van der Waals surface area contributed by atoms with Crippen LogP contribution in [-0.4, -0.2) is 4.92 Å². The van der Waals surface area contributed by atoms with E-state index in [0.29, 0.717) is 10.6 Å². The number of non-ortho nitro benzene ring substituents is 1. The van der Waals surface area contributed by atoms with E-state index < -0.39 is 4.92 Å². The smallest absolute Gasteiger partial charge is 0.258 e. The Balaban J connectivity index is 2.66. The SMILES string of the molecule is O=[N+]([O-])c1ccc(Br)c(-c2cc(I)ccc2Cl)c1. The van der Waals surface area contributed by atoms with Crippen molar-refractivity contribution in [3.05, 3.63) is 59.6 Å². The molecule has 2 aromatic rings. The number of hydrogen-bond donors (Lipinski definition) is 0. The first-order chi connectivity index (χ1) is 8.49. The highest BCUT2D eigenvalue weighted by Crippen LogP contribution is 2.36. The molecular formula is C12H6BrClINO2. The molecule has 0 unspecified atom stereocenters. The van der Waals surface area contributed by atoms with Crippen LogP contribution in [0.4, 0.5) is 5.69 Å². The maximum Gasteiger partial charge on any atom is 0.270 e. The van der Waals surface area contributed by atoms with Crippen LogP contribution in [0.3, 0.4) is 0 Å². The Morgan fingerprint density at radius 3 is 2.56 bits per heavy atom. The fourth-order valence-corrected chi connectivity index (χ4v) is 2.71. The van der Waals surface area contributed by atoms with Gasteiger partial charge >= 0.3 is 0 Å². The zero-order chi connectivity index (χ0) is 13.3. The van der Waals surface area contributed by atoms with Crippen LogP contribution in [0.5, 0.6) is 0 Å². The van der Waals surface area contributed by atoms with Crippen molar-refractivity contribution in [2.45, 2.75) is 0 Å². The van der Waals surface area contributed by atoms with Gasteiger partial charge in [0.1, 0.15) is 0 Å². The van der Waals surface area contributed by atoms with Crippen LogP contribution in [0, 0.1) is 13.7 Å². The van der Waals surface area contributed by atoms with E-state index in [2.05, 4.69) is 38.5 Å². The van der Waals surface area contributed by atoms with Gasteiger partial charge < -0.3 is 0 Å². The first-order valence-corrected chi connectivity index (χ1v) is 7.13. The highest BCUT2D eigenvalue weighted by atomic mass is 127. The summed E-state index contributed by atoms with van der Waals surface area (Å²) in [4.78, 5) is 10.4. The molecule has 3 nitrogen and oxygen atoms in total. The quantitative estimate of drug-likeness (QED) is 0.364. The Hall–Kier alpha value is -0.660. The highest BCUT2D eigenvalue weighted by Gasteiger charge is 2.13. The van der Waals surface area contributed by atoms with Gasteiger partial charge in [-0.15, -0.1) is 0 Å². The van der Waals surface area contributed by atoms with Crippen molar-refractivity contribution in [1.82, 2.24) is 0 Å². The summed E-state index contributed by atoms with van der Waals surface area (Å²) in [6.45, 7) is 0. The Bertz CT molecular complexity index is 633. The largest absolute Gasteiger partial charge is 0.270 e. The van der Waals surface area contributed by atoms with Crippen LogP contribution < -0.4 is 0 Å². The van der Waals surface area contributed by atoms with Crippen LogP contribution in [0.15, 0.2) is 40.9 Å². The Morgan fingerprint density at radius 1 is 1.17 bits per heavy atom. The number of halogens is 3. The van der Waals surface area contributed by atoms with E-state index in [1.165, 1.54) is 12.1 Å². The van der Waals surface area contributed by atoms with Gasteiger partial charge in [-0.1, -0.05) is 27.5 Å². The molecule has 0 saturated heterocycles. The lowest BCUT2D eigenvalue weighted by atomic mass is 10.1. The fourth-order valence-electron chi connectivity index (χ4n) is 1.54. The molecule has 92 valence electrons. The Morgan fingerprint density at radius 2 is 1.89 bits per heavy atom. The molecule has 2 aromatic carbocycles. The minimum absolute atomic E-state index is 0.0446. The second-order valence-corrected chi connectivity index (χ2v) is 6.05. The normalized spacial score (nSPS) is 10.4. The van der Waals surface area contributed by atoms with Crippen LogP contribution >= 0.6 is 50.1 Å². The number of nitro groups is 1. The zero-order valence-electron chi connectivity index (χ0n) is 8.86. The molecule has 0 aromatic heterocycles. The van der Waals surface area contributed by atoms with Gasteiger partial charge in [0.25, 0.3) is 5.69 Å². The number of nitrogens with zero attached hydrogens (tertiary/aromatic N) is 1. The van der Waals surface area contributed by atoms with E-state index in [1.807, 2.05) is 12.1 Å². The van der Waals surface area contributed by atoms with Gasteiger partial charge in [0.15, 0.2) is 0 Å². The fraction of sp³-hybridized carbons (Fsp3) is 0. The predicted octanol–water partition coefficient (Wildman–Crippen LogP) is 5.28. The molecule has 18 heavy (non-hydrogen) atoms. The summed E-state index contributed by atoms with van der Waals surface area (Å²) in [7, 11) is 0. The molecule has 6 heteroatoms. The van der Waals surface area contributed by atoms with Gasteiger partial charge in [-0.2, -0.15) is 0 Å². The molecule has 0 radical (unpaired) electrons. The molecule has 0 atom stereocenters. The number of rotatable bonds is 2. The minimum Gasteiger partial charge on any atom is -0.258 e. The van der Waals surface area contributed by atoms with Crippen molar-refractivity contribution < 1.29 is 4.92 Å². The number of hydrogen-bond acceptors (Lipinski definition) is 2. The third-order valence-electron chi connectivity index (χ3n) is 2.38. The second-order valence-electron chi connectivity index (χ2n) is 3.55. The van der Waals surface area contributed by atoms with Gasteiger partial charge in [0.05, 0.1) is 4.92 Å². The Labute approximate surface area is 131 Å². The highest BCUT2D eigenvalue weighted by molar-refractivity contribution is 14.1. The van der Waals surface area contributed by atoms with Gasteiger partial charge in [-0.3, -0.25) is 10.1 Å². The summed E-state index contributed by atoms with van der Waals surface area (Å²) in [5.41, 5.74) is 1.54. The molecular weight excluding hydrogens is 432 g/mol. The van der Waals surface area contributed by atoms with Crippen molar-refractivity contribution in [3.8, 4) is 11.1 Å². The first kappa shape index (κ1) is 13.8. The third kappa shape index (κ3) is 2.84. The summed E-state index contributed by atoms with van der Waals surface area (Å²) in [5, 5.41) is 11.4. The first-order valence-electron chi connectivity index (χ1n) is 4.88. The average Bonchev–Trinajstić information content (AvgIpc) is 2.33. The summed E-state index contributed by atoms with van der Waals surface area (Å²) in [5.74, 6) is 0. The summed E-state index contributed by atoms with van der Waals surface area (Å²) < 4.78 is 1.79. The lowest BCUT2D eigenvalue weighted by molar-refractivity contribution is -0.384. The van der Waals surface area contributed by atoms with Crippen LogP contribution in [0.2, 0.25) is 5.02 Å². The summed E-state index contributed by atoms with van der Waals surface area (Å²) >= 11 is 11.7. The van der Waals surface area contributed by atoms with Crippen molar-refractivity contribution in [2.75, 3.05) is 0 Å². The summed E-state index contributed by atoms with van der Waals surface area (Å²) in [6, 6.07) is 10.2. The molecule has 0 heterocycles. The van der Waals surface area contributed by atoms with Crippen LogP contribution in [0.1, 0.15) is 0 Å². The number of nitro benzene ring substituents is 1. The maximum absolute atomic E-state index is 10.8. The second kappa shape index (κ2) is 5.54. The van der Waals surface area contributed by atoms with Crippen LogP contribution in [0.25, 0.3) is 11.1 Å². The van der Waals surface area contributed by atoms with Crippen molar-refractivity contribution in [3.63, 3.8) is 0 Å². The van der Waals surface area contributed by atoms with Crippen molar-refractivity contribution in [2.24, 2.45) is 0 Å². The lowest BCUT2D eigenvalue weighted by Crippen LogP contribution is -1.90. The van der Waals surface area contributed by atoms with Gasteiger partial charge in [0.2, 0.25) is 0 Å². The molecule has 0 bridgehead atoms. The van der Waals surface area contributed by atoms with Gasteiger partial charge in [0, 0.05) is 36.3 Å². The summed E-state index contributed by atoms with van der Waals surface area (Å²) in [6.07, 6.45) is 0. The van der Waals surface area contributed by atoms with E-state index in [1.54, 1.807) is 12.1 Å². The molecule has 2 rings (SSSR count). The zero-order valence-corrected chi connectivity index (χ0v) is 13.4. The minimum atomic E-state index is -0.419. The molecule has 0 aliphatic rings. The predicted molar refractivity (Wildman–Crippen MR) is 84.0 cm³/mol. The van der Waals surface area contributed by atoms with E-state index in [-0.39, 0.29) is 5.69 Å². The molecule has 0 amide bonds. The van der Waals surface area contributed by atoms with Crippen molar-refractivity contribution in [1.29, 1.82) is 0 Å². The Kier molecular flexibility index (Phi) is 4.24. The molecule has 0 saturated carbocycles. The van der Waals surface area contributed by atoms with Gasteiger partial charge in [-0.25, -0.2) is 0 Å². The van der Waals surface area contributed by atoms with Gasteiger partial charge in [-0.05, 0) is 46.9 Å². The lowest BCUT2D eigenvalue weighted by Gasteiger charge is -2.07. The van der Waals surface area contributed by atoms with E-state index in [9.17, 15) is 10.1 Å². The monoisotopic (exact) mass is 437 g/mol. The topological polar surface area (TPSA) is 43.1 Å². The van der Waals surface area contributed by atoms with E-state index >= 15 is 0 Å². The van der Waals surface area contributed by atoms with Crippen molar-refractivity contribution >= 4 is 55.8 Å². The molecule has 0 fully saturated rings. The van der Waals surface area contributed by atoms with E-state index in [4.69, 9.17) is 11.6 Å². The molecule has 0 spiro atoms. The van der Waals surface area contributed by atoms with E-state index in [0.717, 1.165) is 13.6 Å². The van der Waals surface area contributed by atoms with Crippen LogP contribution in [-0.2, 0) is 0 Å². The maximum atomic E-state index is 10.8.